The third-order valence-electron chi connectivity index (χ3n) is 13.3. The van der Waals surface area contributed by atoms with Gasteiger partial charge in [-0.2, -0.15) is 12.1 Å². The number of rotatable bonds is 11. The van der Waals surface area contributed by atoms with Crippen molar-refractivity contribution >= 4 is 21.8 Å². The maximum Gasteiger partial charge on any atom is 0.267 e. The maximum atomic E-state index is 6.86. The van der Waals surface area contributed by atoms with Crippen LogP contribution in [0.1, 0.15) is 49.9 Å². The van der Waals surface area contributed by atoms with Gasteiger partial charge in [-0.05, 0) is 74.8 Å². The van der Waals surface area contributed by atoms with E-state index >= 15 is 0 Å². The average molecular weight is 1060 g/mol. The second-order valence-electron chi connectivity index (χ2n) is 18.1. The zero-order valence-corrected chi connectivity index (χ0v) is 40.6. The SMILES string of the molecule is CC(C)(c1ccccc1)c1cccc(-[n+]2[c-]n(-c3[c-]c(Oc4[c-]c5c(cc4)c4ccccc4n5-c4cc(C(C)(C)c5ccccc5)ccn4)cc(-c4ccccc4)c3)cc2-c2ccccc2)c1.[Pt]. The molecule has 0 saturated heterocycles. The van der Waals surface area contributed by atoms with Gasteiger partial charge in [-0.15, -0.1) is 35.2 Å². The zero-order valence-electron chi connectivity index (χ0n) is 38.3. The fourth-order valence-corrected chi connectivity index (χ4v) is 9.31. The molecule has 0 unspecified atom stereocenters. The fraction of sp³-hybridized carbons (Fsp3) is 0.0968. The van der Waals surface area contributed by atoms with Crippen LogP contribution in [0.3, 0.4) is 0 Å². The summed E-state index contributed by atoms with van der Waals surface area (Å²) in [5.41, 5.74) is 12.3. The number of hydrogen-bond donors (Lipinski definition) is 0. The molecule has 0 aliphatic carbocycles. The van der Waals surface area contributed by atoms with Gasteiger partial charge in [-0.1, -0.05) is 185 Å². The van der Waals surface area contributed by atoms with Crippen LogP contribution in [0.4, 0.5) is 0 Å². The van der Waals surface area contributed by atoms with Crippen molar-refractivity contribution in [3.05, 3.63) is 259 Å². The number of aromatic nitrogens is 4. The van der Waals surface area contributed by atoms with E-state index in [0.29, 0.717) is 11.5 Å². The second-order valence-corrected chi connectivity index (χ2v) is 18.1. The summed E-state index contributed by atoms with van der Waals surface area (Å²) in [5, 5.41) is 2.19. The summed E-state index contributed by atoms with van der Waals surface area (Å²) < 4.78 is 13.2. The maximum absolute atomic E-state index is 6.86. The number of benzene rings is 8. The molecule has 3 aromatic heterocycles. The zero-order chi connectivity index (χ0) is 45.5. The van der Waals surface area contributed by atoms with E-state index in [9.17, 15) is 0 Å². The van der Waals surface area contributed by atoms with E-state index in [-0.39, 0.29) is 31.9 Å². The number of hydrogen-bond acceptors (Lipinski definition) is 2. The smallest absolute Gasteiger partial charge is 0.267 e. The van der Waals surface area contributed by atoms with Gasteiger partial charge < -0.3 is 13.9 Å². The van der Waals surface area contributed by atoms with Crippen LogP contribution < -0.4 is 9.30 Å². The van der Waals surface area contributed by atoms with Crippen molar-refractivity contribution in [2.75, 3.05) is 0 Å². The number of ether oxygens (including phenoxy) is 1. The van der Waals surface area contributed by atoms with Crippen molar-refractivity contribution in [1.29, 1.82) is 0 Å². The van der Waals surface area contributed by atoms with Gasteiger partial charge >= 0.3 is 0 Å². The van der Waals surface area contributed by atoms with E-state index in [4.69, 9.17) is 9.72 Å². The largest absolute Gasteiger partial charge is 0.510 e. The van der Waals surface area contributed by atoms with Crippen molar-refractivity contribution in [2.45, 2.75) is 38.5 Å². The summed E-state index contributed by atoms with van der Waals surface area (Å²) in [6, 6.07) is 79.4. The Hall–Kier alpha value is -7.59. The molecule has 0 spiro atoms. The van der Waals surface area contributed by atoms with Gasteiger partial charge in [0.1, 0.15) is 5.82 Å². The van der Waals surface area contributed by atoms with E-state index in [1.54, 1.807) is 0 Å². The molecule has 3 heterocycles. The second kappa shape index (κ2) is 18.2. The third kappa shape index (κ3) is 8.29. The molecular formula is C62H48N4OPt-2. The van der Waals surface area contributed by atoms with E-state index in [2.05, 4.69) is 243 Å². The molecule has 0 amide bonds. The quantitative estimate of drug-likeness (QED) is 0.0956. The van der Waals surface area contributed by atoms with Gasteiger partial charge in [0.15, 0.2) is 0 Å². The third-order valence-corrected chi connectivity index (χ3v) is 13.3. The van der Waals surface area contributed by atoms with Gasteiger partial charge in [0.05, 0.1) is 11.4 Å². The molecule has 0 saturated carbocycles. The first-order valence-corrected chi connectivity index (χ1v) is 22.8. The number of para-hydroxylation sites is 1. The van der Waals surface area contributed by atoms with Gasteiger partial charge in [0.2, 0.25) is 0 Å². The summed E-state index contributed by atoms with van der Waals surface area (Å²) in [6.45, 7) is 9.08. The van der Waals surface area contributed by atoms with Crippen molar-refractivity contribution in [2.24, 2.45) is 0 Å². The van der Waals surface area contributed by atoms with Crippen LogP contribution in [0.25, 0.3) is 61.4 Å². The number of fused-ring (bicyclic) bond motifs is 3. The van der Waals surface area contributed by atoms with Crippen LogP contribution in [0.2, 0.25) is 0 Å². The summed E-state index contributed by atoms with van der Waals surface area (Å²) in [4.78, 5) is 4.96. The molecule has 11 aromatic rings. The number of imidazole rings is 1. The standard InChI is InChI=1S/C62H48N4O.Pt/c1-61(2,47-24-13-7-14-25-47)49-28-19-29-51(38-49)65-43-64(42-59(65)45-22-11-6-12-23-45)52-36-46(44-20-9-5-10-21-44)37-54(40-52)67-53-32-33-56-55-30-17-18-31-57(55)66(58(56)41-53)60-39-50(34-35-63-60)62(3,4)48-26-15-8-16-27-48;/h5-39,42H,1-4H3;/q-2;. The molecule has 0 radical (unpaired) electrons. The molecule has 6 heteroatoms. The van der Waals surface area contributed by atoms with Gasteiger partial charge in [-0.25, -0.2) is 4.98 Å². The first-order valence-electron chi connectivity index (χ1n) is 22.8. The molecule has 0 aliphatic rings. The van der Waals surface area contributed by atoms with Crippen LogP contribution in [-0.2, 0) is 31.9 Å². The molecule has 0 aliphatic heterocycles. The molecule has 334 valence electrons. The Bertz CT molecular complexity index is 3540. The Morgan fingerprint density at radius 3 is 1.79 bits per heavy atom. The predicted octanol–water partition coefficient (Wildman–Crippen LogP) is 14.4. The average Bonchev–Trinajstić information content (AvgIpc) is 3.98. The summed E-state index contributed by atoms with van der Waals surface area (Å²) >= 11 is 0. The Balaban J connectivity index is 0.00000539. The van der Waals surface area contributed by atoms with Crippen LogP contribution in [0.5, 0.6) is 11.5 Å². The minimum atomic E-state index is -0.241. The molecule has 11 rings (SSSR count). The fourth-order valence-electron chi connectivity index (χ4n) is 9.31. The van der Waals surface area contributed by atoms with E-state index in [1.807, 2.05) is 35.0 Å². The van der Waals surface area contributed by atoms with E-state index in [0.717, 1.165) is 61.4 Å². The molecule has 0 N–H and O–H groups in total. The Kier molecular flexibility index (Phi) is 11.9. The first kappa shape index (κ1) is 44.3. The normalized spacial score (nSPS) is 11.7. The molecule has 8 aromatic carbocycles. The minimum Gasteiger partial charge on any atom is -0.510 e. The Morgan fingerprint density at radius 2 is 1.10 bits per heavy atom. The van der Waals surface area contributed by atoms with Crippen molar-refractivity contribution in [3.63, 3.8) is 0 Å². The summed E-state index contributed by atoms with van der Waals surface area (Å²) in [7, 11) is 0. The van der Waals surface area contributed by atoms with Crippen LogP contribution in [-0.4, -0.2) is 14.1 Å². The van der Waals surface area contributed by atoms with Gasteiger partial charge in [0, 0.05) is 61.3 Å². The van der Waals surface area contributed by atoms with E-state index < -0.39 is 0 Å². The molecule has 5 nitrogen and oxygen atoms in total. The topological polar surface area (TPSA) is 35.9 Å². The van der Waals surface area contributed by atoms with Crippen molar-refractivity contribution in [3.8, 4) is 51.1 Å². The van der Waals surface area contributed by atoms with Crippen molar-refractivity contribution < 1.29 is 30.4 Å². The minimum absolute atomic E-state index is 0. The van der Waals surface area contributed by atoms with Crippen LogP contribution in [0, 0.1) is 18.5 Å². The van der Waals surface area contributed by atoms with Gasteiger partial charge in [0.25, 0.3) is 6.33 Å². The van der Waals surface area contributed by atoms with Crippen LogP contribution >= 0.6 is 0 Å². The van der Waals surface area contributed by atoms with Gasteiger partial charge in [-0.3, -0.25) is 4.57 Å². The Morgan fingerprint density at radius 1 is 0.500 bits per heavy atom. The van der Waals surface area contributed by atoms with Crippen LogP contribution in [0.15, 0.2) is 219 Å². The summed E-state index contributed by atoms with van der Waals surface area (Å²) in [5.74, 6) is 1.95. The number of nitrogens with zero attached hydrogens (tertiary/aromatic N) is 4. The number of pyridine rings is 1. The summed E-state index contributed by atoms with van der Waals surface area (Å²) in [6.07, 6.45) is 7.76. The monoisotopic (exact) mass is 1060 g/mol. The molecular weight excluding hydrogens is 1010 g/mol. The van der Waals surface area contributed by atoms with Crippen molar-refractivity contribution in [1.82, 2.24) is 14.1 Å². The predicted molar refractivity (Wildman–Crippen MR) is 270 cm³/mol. The van der Waals surface area contributed by atoms with E-state index in [1.165, 1.54) is 22.3 Å². The molecule has 0 atom stereocenters. The molecule has 0 fully saturated rings. The Labute approximate surface area is 412 Å². The first-order chi connectivity index (χ1) is 32.7. The molecule has 0 bridgehead atoms. The molecule has 68 heavy (non-hydrogen) atoms.